The third kappa shape index (κ3) is 4.08. The summed E-state index contributed by atoms with van der Waals surface area (Å²) in [5, 5.41) is 6.08. The number of thiocarbonyl (C=S) groups is 1. The number of nitrogens with zero attached hydrogens (tertiary/aromatic N) is 1. The first-order chi connectivity index (χ1) is 14.0. The van der Waals surface area contributed by atoms with Crippen LogP contribution in [0.4, 0.5) is 5.69 Å². The minimum Gasteiger partial charge on any atom is -0.495 e. The molecule has 2 N–H and O–H groups in total. The van der Waals surface area contributed by atoms with Gasteiger partial charge in [-0.1, -0.05) is 11.6 Å². The molecule has 0 fully saturated rings. The van der Waals surface area contributed by atoms with Gasteiger partial charge in [-0.3, -0.25) is 10.1 Å². The summed E-state index contributed by atoms with van der Waals surface area (Å²) in [5.41, 5.74) is 2.60. The molecule has 4 rings (SSSR count). The maximum absolute atomic E-state index is 12.0. The van der Waals surface area contributed by atoms with Crippen LogP contribution in [0.15, 0.2) is 63.6 Å². The molecule has 29 heavy (non-hydrogen) atoms. The van der Waals surface area contributed by atoms with Gasteiger partial charge in [0.15, 0.2) is 16.5 Å². The predicted octanol–water partition coefficient (Wildman–Crippen LogP) is 4.88. The lowest BCUT2D eigenvalue weighted by atomic mass is 10.2. The first-order valence-corrected chi connectivity index (χ1v) is 9.22. The first kappa shape index (κ1) is 19.0. The SMILES string of the molecule is COc1ccc(-c2nc3cc(NC(=S)NC(=O)c4ccco4)ccc3o2)cc1Cl. The highest BCUT2D eigenvalue weighted by molar-refractivity contribution is 7.80. The number of carbonyl (C=O) groups excluding carboxylic acids is 1. The fourth-order valence-electron chi connectivity index (χ4n) is 2.66. The molecule has 0 saturated carbocycles. The fourth-order valence-corrected chi connectivity index (χ4v) is 3.13. The first-order valence-electron chi connectivity index (χ1n) is 8.44. The van der Waals surface area contributed by atoms with Crippen LogP contribution in [0.2, 0.25) is 5.02 Å². The van der Waals surface area contributed by atoms with Gasteiger partial charge in [-0.2, -0.15) is 0 Å². The smallest absolute Gasteiger partial charge is 0.293 e. The van der Waals surface area contributed by atoms with Crippen LogP contribution in [-0.2, 0) is 0 Å². The minimum atomic E-state index is -0.436. The number of furan rings is 1. The second-order valence-corrected chi connectivity index (χ2v) is 6.75. The molecule has 2 heterocycles. The van der Waals surface area contributed by atoms with E-state index in [1.54, 1.807) is 49.6 Å². The van der Waals surface area contributed by atoms with E-state index in [1.807, 2.05) is 6.07 Å². The molecule has 0 radical (unpaired) electrons. The molecular weight excluding hydrogens is 414 g/mol. The van der Waals surface area contributed by atoms with E-state index >= 15 is 0 Å². The van der Waals surface area contributed by atoms with Crippen molar-refractivity contribution in [1.29, 1.82) is 0 Å². The standard InChI is InChI=1S/C20H14ClN3O4S/c1-26-15-6-4-11(9-13(15)21)19-23-14-10-12(5-7-16(14)28-19)22-20(29)24-18(25)17-3-2-8-27-17/h2-10H,1H3,(H2,22,24,25,29). The van der Waals surface area contributed by atoms with Gasteiger partial charge in [-0.15, -0.1) is 0 Å². The van der Waals surface area contributed by atoms with Crippen LogP contribution in [0, 0.1) is 0 Å². The maximum Gasteiger partial charge on any atom is 0.293 e. The van der Waals surface area contributed by atoms with Crippen LogP contribution in [0.25, 0.3) is 22.6 Å². The molecule has 1 amide bonds. The van der Waals surface area contributed by atoms with Crippen LogP contribution >= 0.6 is 23.8 Å². The molecule has 2 aromatic carbocycles. The predicted molar refractivity (Wildman–Crippen MR) is 113 cm³/mol. The van der Waals surface area contributed by atoms with Gasteiger partial charge in [-0.05, 0) is 60.7 Å². The average molecular weight is 428 g/mol. The number of fused-ring (bicyclic) bond motifs is 1. The Morgan fingerprint density at radius 3 is 2.79 bits per heavy atom. The maximum atomic E-state index is 12.0. The van der Waals surface area contributed by atoms with Crippen molar-refractivity contribution < 1.29 is 18.4 Å². The molecule has 0 saturated heterocycles. The lowest BCUT2D eigenvalue weighted by molar-refractivity contribution is 0.0950. The number of aromatic nitrogens is 1. The Hall–Kier alpha value is -3.36. The van der Waals surface area contributed by atoms with Crippen molar-refractivity contribution in [3.8, 4) is 17.2 Å². The van der Waals surface area contributed by atoms with Crippen molar-refractivity contribution in [2.24, 2.45) is 0 Å². The zero-order valence-electron chi connectivity index (χ0n) is 15.1. The summed E-state index contributed by atoms with van der Waals surface area (Å²) in [6.45, 7) is 0. The summed E-state index contributed by atoms with van der Waals surface area (Å²) in [4.78, 5) is 16.5. The highest BCUT2D eigenvalue weighted by atomic mass is 35.5. The third-order valence-electron chi connectivity index (χ3n) is 4.02. The summed E-state index contributed by atoms with van der Waals surface area (Å²) in [7, 11) is 1.55. The number of hydrogen-bond acceptors (Lipinski definition) is 6. The van der Waals surface area contributed by atoms with E-state index in [0.717, 1.165) is 5.56 Å². The van der Waals surface area contributed by atoms with Gasteiger partial charge in [-0.25, -0.2) is 4.98 Å². The number of rotatable bonds is 4. The Kier molecular flexibility index (Phi) is 5.20. The highest BCUT2D eigenvalue weighted by Crippen LogP contribution is 2.32. The Labute approximate surface area is 175 Å². The lowest BCUT2D eigenvalue weighted by Crippen LogP contribution is -2.33. The van der Waals surface area contributed by atoms with Gasteiger partial charge in [0.2, 0.25) is 5.89 Å². The molecule has 0 unspecified atom stereocenters. The third-order valence-corrected chi connectivity index (χ3v) is 4.52. The zero-order chi connectivity index (χ0) is 20.4. The molecule has 0 aliphatic rings. The second kappa shape index (κ2) is 7.94. The molecule has 0 atom stereocenters. The summed E-state index contributed by atoms with van der Waals surface area (Å²) in [5.74, 6) is 0.733. The van der Waals surface area contributed by atoms with Crippen LogP contribution in [-0.4, -0.2) is 23.1 Å². The molecule has 7 nitrogen and oxygen atoms in total. The molecule has 0 bridgehead atoms. The van der Waals surface area contributed by atoms with Gasteiger partial charge in [0.1, 0.15) is 11.3 Å². The van der Waals surface area contributed by atoms with E-state index in [4.69, 9.17) is 37.4 Å². The van der Waals surface area contributed by atoms with Gasteiger partial charge in [0, 0.05) is 11.3 Å². The molecule has 0 aliphatic heterocycles. The summed E-state index contributed by atoms with van der Waals surface area (Å²) < 4.78 is 16.0. The van der Waals surface area contributed by atoms with Crippen molar-refractivity contribution in [1.82, 2.24) is 10.3 Å². The minimum absolute atomic E-state index is 0.136. The number of benzene rings is 2. The fraction of sp³-hybridized carbons (Fsp3) is 0.0500. The van der Waals surface area contributed by atoms with E-state index in [1.165, 1.54) is 6.26 Å². The Morgan fingerprint density at radius 2 is 2.07 bits per heavy atom. The summed E-state index contributed by atoms with van der Waals surface area (Å²) in [6.07, 6.45) is 1.41. The molecular formula is C20H14ClN3O4S. The van der Waals surface area contributed by atoms with Crippen LogP contribution < -0.4 is 15.4 Å². The number of oxazole rings is 1. The molecule has 0 aliphatic carbocycles. The number of nitrogens with one attached hydrogen (secondary N) is 2. The van der Waals surface area contributed by atoms with E-state index in [2.05, 4.69) is 15.6 Å². The lowest BCUT2D eigenvalue weighted by Gasteiger charge is -2.08. The van der Waals surface area contributed by atoms with E-state index in [-0.39, 0.29) is 10.9 Å². The largest absolute Gasteiger partial charge is 0.495 e. The molecule has 0 spiro atoms. The number of halogens is 1. The van der Waals surface area contributed by atoms with Gasteiger partial charge in [0.05, 0.1) is 18.4 Å². The number of ether oxygens (including phenoxy) is 1. The Morgan fingerprint density at radius 1 is 1.21 bits per heavy atom. The van der Waals surface area contributed by atoms with Crippen molar-refractivity contribution >= 4 is 51.6 Å². The topological polar surface area (TPSA) is 89.5 Å². The second-order valence-electron chi connectivity index (χ2n) is 5.94. The molecule has 2 aromatic heterocycles. The quantitative estimate of drug-likeness (QED) is 0.449. The Balaban J connectivity index is 1.51. The zero-order valence-corrected chi connectivity index (χ0v) is 16.6. The van der Waals surface area contributed by atoms with Gasteiger partial charge < -0.3 is 18.9 Å². The van der Waals surface area contributed by atoms with Crippen molar-refractivity contribution in [2.45, 2.75) is 0 Å². The average Bonchev–Trinajstić information content (AvgIpc) is 3.37. The highest BCUT2D eigenvalue weighted by Gasteiger charge is 2.13. The van der Waals surface area contributed by atoms with Crippen molar-refractivity contribution in [3.63, 3.8) is 0 Å². The van der Waals surface area contributed by atoms with Crippen molar-refractivity contribution in [3.05, 3.63) is 65.6 Å². The van der Waals surface area contributed by atoms with Gasteiger partial charge in [0.25, 0.3) is 5.91 Å². The Bertz CT molecular complexity index is 1200. The number of carbonyl (C=O) groups is 1. The van der Waals surface area contributed by atoms with Crippen LogP contribution in [0.1, 0.15) is 10.6 Å². The van der Waals surface area contributed by atoms with Crippen molar-refractivity contribution in [2.75, 3.05) is 12.4 Å². The normalized spacial score (nSPS) is 10.7. The summed E-state index contributed by atoms with van der Waals surface area (Å²) in [6, 6.07) is 13.7. The monoisotopic (exact) mass is 427 g/mol. The molecule has 146 valence electrons. The van der Waals surface area contributed by atoms with E-state index in [9.17, 15) is 4.79 Å². The van der Waals surface area contributed by atoms with Gasteiger partial charge >= 0.3 is 0 Å². The van der Waals surface area contributed by atoms with Crippen LogP contribution in [0.5, 0.6) is 5.75 Å². The number of anilines is 1. The molecule has 4 aromatic rings. The van der Waals surface area contributed by atoms with Crippen LogP contribution in [0.3, 0.4) is 0 Å². The number of amides is 1. The van der Waals surface area contributed by atoms with E-state index in [0.29, 0.717) is 33.4 Å². The number of hydrogen-bond donors (Lipinski definition) is 2. The summed E-state index contributed by atoms with van der Waals surface area (Å²) >= 11 is 11.4. The molecule has 9 heteroatoms. The van der Waals surface area contributed by atoms with E-state index < -0.39 is 5.91 Å². The number of methoxy groups -OCH3 is 1.